The summed E-state index contributed by atoms with van der Waals surface area (Å²) in [6.45, 7) is 4.48. The fraction of sp³-hybridized carbons (Fsp3) is 0.565. The average molecular weight is 468 g/mol. The van der Waals surface area contributed by atoms with Crippen LogP contribution in [0.3, 0.4) is 0 Å². The molecule has 3 rings (SSSR count). The van der Waals surface area contributed by atoms with Crippen molar-refractivity contribution in [2.45, 2.75) is 50.2 Å². The SMILES string of the molecule is CCOC(=O)O[C@H]1C=C[C@@]2(CCN(C)C(=O)OCC)c3c(CCl)ccc(OC)c3O[C@H]2C1. The molecule has 0 N–H and O–H groups in total. The van der Waals surface area contributed by atoms with E-state index in [2.05, 4.69) is 0 Å². The molecule has 1 aromatic rings. The van der Waals surface area contributed by atoms with Gasteiger partial charge in [0.1, 0.15) is 12.2 Å². The molecule has 1 heterocycles. The monoisotopic (exact) mass is 467 g/mol. The van der Waals surface area contributed by atoms with Crippen LogP contribution < -0.4 is 9.47 Å². The molecule has 0 saturated heterocycles. The van der Waals surface area contributed by atoms with Crippen molar-refractivity contribution in [2.24, 2.45) is 0 Å². The lowest BCUT2D eigenvalue weighted by atomic mass is 9.68. The van der Waals surface area contributed by atoms with Gasteiger partial charge in [0.2, 0.25) is 0 Å². The number of methoxy groups -OCH3 is 1. The summed E-state index contributed by atoms with van der Waals surface area (Å²) in [6, 6.07) is 3.77. The molecular weight excluding hydrogens is 438 g/mol. The summed E-state index contributed by atoms with van der Waals surface area (Å²) < 4.78 is 27.4. The van der Waals surface area contributed by atoms with Crippen LogP contribution >= 0.6 is 11.6 Å². The summed E-state index contributed by atoms with van der Waals surface area (Å²) in [6.07, 6.45) is 2.93. The molecule has 32 heavy (non-hydrogen) atoms. The molecule has 1 aliphatic carbocycles. The standard InChI is InChI=1S/C23H30ClNO7/c1-5-29-21(26)25(3)12-11-23-10-9-16(31-22(27)30-6-2)13-18(23)32-20-17(28-4)8-7-15(14-24)19(20)23/h7-10,16,18H,5-6,11-14H2,1-4H3/t16-,18-,23-/m0/s1. The highest BCUT2D eigenvalue weighted by atomic mass is 35.5. The Kier molecular flexibility index (Phi) is 7.77. The van der Waals surface area contributed by atoms with E-state index < -0.39 is 17.7 Å². The quantitative estimate of drug-likeness (QED) is 0.318. The molecule has 176 valence electrons. The number of hydrogen-bond donors (Lipinski definition) is 0. The van der Waals surface area contributed by atoms with Gasteiger partial charge in [-0.1, -0.05) is 12.1 Å². The topological polar surface area (TPSA) is 83.5 Å². The molecule has 2 aliphatic rings. The maximum atomic E-state index is 12.2. The van der Waals surface area contributed by atoms with Crippen LogP contribution in [0.2, 0.25) is 0 Å². The summed E-state index contributed by atoms with van der Waals surface area (Å²) >= 11 is 6.30. The van der Waals surface area contributed by atoms with Crippen LogP contribution in [0.15, 0.2) is 24.3 Å². The molecule has 1 aliphatic heterocycles. The van der Waals surface area contributed by atoms with Gasteiger partial charge in [-0.25, -0.2) is 9.59 Å². The molecule has 0 aromatic heterocycles. The minimum atomic E-state index is -0.716. The Balaban J connectivity index is 1.96. The Morgan fingerprint density at radius 1 is 1.25 bits per heavy atom. The van der Waals surface area contributed by atoms with E-state index in [1.807, 2.05) is 24.3 Å². The van der Waals surface area contributed by atoms with Gasteiger partial charge in [-0.2, -0.15) is 0 Å². The van der Waals surface area contributed by atoms with E-state index in [-0.39, 0.29) is 18.8 Å². The fourth-order valence-electron chi connectivity index (χ4n) is 4.34. The van der Waals surface area contributed by atoms with Crippen molar-refractivity contribution in [3.63, 3.8) is 0 Å². The lowest BCUT2D eigenvalue weighted by Gasteiger charge is -2.38. The van der Waals surface area contributed by atoms with E-state index in [0.717, 1.165) is 11.1 Å². The smallest absolute Gasteiger partial charge is 0.493 e. The highest BCUT2D eigenvalue weighted by Gasteiger charge is 2.52. The van der Waals surface area contributed by atoms with E-state index in [4.69, 9.17) is 35.3 Å². The van der Waals surface area contributed by atoms with Crippen molar-refractivity contribution in [3.8, 4) is 11.5 Å². The first kappa shape index (κ1) is 24.0. The number of carbonyl (C=O) groups excluding carboxylic acids is 2. The molecule has 0 fully saturated rings. The lowest BCUT2D eigenvalue weighted by molar-refractivity contribution is 0.0153. The average Bonchev–Trinajstić information content (AvgIpc) is 3.12. The number of alkyl halides is 1. The van der Waals surface area contributed by atoms with Gasteiger partial charge in [0.05, 0.1) is 25.7 Å². The van der Waals surface area contributed by atoms with Crippen molar-refractivity contribution >= 4 is 23.8 Å². The molecule has 0 spiro atoms. The van der Waals surface area contributed by atoms with Gasteiger partial charge in [-0.3, -0.25) is 0 Å². The van der Waals surface area contributed by atoms with E-state index in [1.165, 1.54) is 0 Å². The van der Waals surface area contributed by atoms with E-state index >= 15 is 0 Å². The highest BCUT2D eigenvalue weighted by molar-refractivity contribution is 6.17. The van der Waals surface area contributed by atoms with Crippen molar-refractivity contribution in [1.82, 2.24) is 4.90 Å². The minimum Gasteiger partial charge on any atom is -0.493 e. The number of benzene rings is 1. The third-order valence-electron chi connectivity index (χ3n) is 5.88. The highest BCUT2D eigenvalue weighted by Crippen LogP contribution is 2.55. The zero-order chi connectivity index (χ0) is 23.3. The third kappa shape index (κ3) is 4.60. The van der Waals surface area contributed by atoms with Crippen molar-refractivity contribution in [1.29, 1.82) is 0 Å². The molecule has 0 radical (unpaired) electrons. The summed E-state index contributed by atoms with van der Waals surface area (Å²) in [4.78, 5) is 25.5. The zero-order valence-corrected chi connectivity index (χ0v) is 19.6. The summed E-state index contributed by atoms with van der Waals surface area (Å²) in [5.74, 6) is 1.54. The molecule has 8 nitrogen and oxygen atoms in total. The number of rotatable bonds is 8. The van der Waals surface area contributed by atoms with Crippen LogP contribution in [0.5, 0.6) is 11.5 Å². The van der Waals surface area contributed by atoms with Crippen LogP contribution in [0.4, 0.5) is 9.59 Å². The van der Waals surface area contributed by atoms with E-state index in [1.54, 1.807) is 32.9 Å². The van der Waals surface area contributed by atoms with Crippen molar-refractivity contribution in [2.75, 3.05) is 33.9 Å². The van der Waals surface area contributed by atoms with Crippen LogP contribution in [-0.2, 0) is 25.5 Å². The van der Waals surface area contributed by atoms with E-state index in [0.29, 0.717) is 43.4 Å². The summed E-state index contributed by atoms with van der Waals surface area (Å²) in [5, 5.41) is 0. The minimum absolute atomic E-state index is 0.237. The number of amides is 1. The van der Waals surface area contributed by atoms with Crippen LogP contribution in [0, 0.1) is 0 Å². The number of nitrogens with zero attached hydrogens (tertiary/aromatic N) is 1. The molecule has 0 saturated carbocycles. The molecule has 9 heteroatoms. The Hall–Kier alpha value is -2.61. The van der Waals surface area contributed by atoms with Gasteiger partial charge in [-0.15, -0.1) is 11.6 Å². The van der Waals surface area contributed by atoms with Crippen LogP contribution in [-0.4, -0.2) is 63.3 Å². The first-order valence-corrected chi connectivity index (χ1v) is 11.3. The molecule has 3 atom stereocenters. The van der Waals surface area contributed by atoms with Crippen LogP contribution in [0.25, 0.3) is 0 Å². The van der Waals surface area contributed by atoms with Gasteiger partial charge < -0.3 is 28.6 Å². The second-order valence-corrected chi connectivity index (χ2v) is 7.98. The molecule has 1 aromatic carbocycles. The fourth-order valence-corrected chi connectivity index (χ4v) is 4.56. The first-order chi connectivity index (χ1) is 15.4. The lowest BCUT2D eigenvalue weighted by Crippen LogP contribution is -2.45. The molecular formula is C23H30ClNO7. The first-order valence-electron chi connectivity index (χ1n) is 10.7. The molecule has 1 amide bonds. The van der Waals surface area contributed by atoms with Crippen molar-refractivity contribution < 1.29 is 33.3 Å². The normalized spacial score (nSPS) is 22.9. The summed E-state index contributed by atoms with van der Waals surface area (Å²) in [5.41, 5.74) is 1.31. The van der Waals surface area contributed by atoms with Crippen molar-refractivity contribution in [3.05, 3.63) is 35.4 Å². The van der Waals surface area contributed by atoms with E-state index in [9.17, 15) is 9.59 Å². The zero-order valence-electron chi connectivity index (χ0n) is 18.9. The van der Waals surface area contributed by atoms with Gasteiger partial charge in [0.25, 0.3) is 0 Å². The number of ether oxygens (including phenoxy) is 5. The van der Waals surface area contributed by atoms with Gasteiger partial charge in [-0.05, 0) is 38.0 Å². The molecule has 0 unspecified atom stereocenters. The Morgan fingerprint density at radius 3 is 2.66 bits per heavy atom. The second kappa shape index (κ2) is 10.3. The number of fused-ring (bicyclic) bond motifs is 3. The number of carbonyl (C=O) groups is 2. The summed E-state index contributed by atoms with van der Waals surface area (Å²) in [7, 11) is 3.29. The number of hydrogen-bond acceptors (Lipinski definition) is 7. The maximum Gasteiger partial charge on any atom is 0.508 e. The van der Waals surface area contributed by atoms with Crippen LogP contribution in [0.1, 0.15) is 37.8 Å². The Labute approximate surface area is 193 Å². The predicted octanol–water partition coefficient (Wildman–Crippen LogP) is 4.41. The van der Waals surface area contributed by atoms with Gasteiger partial charge in [0, 0.05) is 31.5 Å². The largest absolute Gasteiger partial charge is 0.508 e. The van der Waals surface area contributed by atoms with Gasteiger partial charge >= 0.3 is 12.2 Å². The second-order valence-electron chi connectivity index (χ2n) is 7.72. The van der Waals surface area contributed by atoms with Gasteiger partial charge in [0.15, 0.2) is 11.5 Å². The molecule has 0 bridgehead atoms. The third-order valence-corrected chi connectivity index (χ3v) is 6.16. The number of halogens is 1. The Bertz CT molecular complexity index is 874. The maximum absolute atomic E-state index is 12.2. The predicted molar refractivity (Wildman–Crippen MR) is 119 cm³/mol. The Morgan fingerprint density at radius 2 is 2.00 bits per heavy atom.